The minimum absolute atomic E-state index is 0.0925. The standard InChI is InChI=1S/C14H21BrN2O2/c1-2-7-17-9-10(15)8-12(17)14(19)16-11-5-3-4-6-13(11)18/h8-9,11,13,18H,2-7H2,1H3,(H,16,19). The van der Waals surface area contributed by atoms with Crippen molar-refractivity contribution in [2.24, 2.45) is 0 Å². The summed E-state index contributed by atoms with van der Waals surface area (Å²) in [5, 5.41) is 12.9. The predicted molar refractivity (Wildman–Crippen MR) is 78.2 cm³/mol. The number of carbonyl (C=O) groups excluding carboxylic acids is 1. The first-order valence-electron chi connectivity index (χ1n) is 6.96. The van der Waals surface area contributed by atoms with E-state index in [9.17, 15) is 9.90 Å². The summed E-state index contributed by atoms with van der Waals surface area (Å²) in [6.07, 6.45) is 6.26. The zero-order chi connectivity index (χ0) is 13.8. The number of nitrogens with zero attached hydrogens (tertiary/aromatic N) is 1. The molecule has 1 amide bonds. The van der Waals surface area contributed by atoms with E-state index < -0.39 is 6.10 Å². The van der Waals surface area contributed by atoms with Crippen LogP contribution in [0.1, 0.15) is 49.5 Å². The molecule has 0 bridgehead atoms. The Labute approximate surface area is 122 Å². The van der Waals surface area contributed by atoms with Crippen LogP contribution in [-0.4, -0.2) is 27.7 Å². The van der Waals surface area contributed by atoms with E-state index in [-0.39, 0.29) is 11.9 Å². The molecule has 1 saturated carbocycles. The molecule has 2 rings (SSSR count). The molecule has 1 aliphatic carbocycles. The molecule has 0 saturated heterocycles. The van der Waals surface area contributed by atoms with Crippen LogP contribution >= 0.6 is 15.9 Å². The van der Waals surface area contributed by atoms with E-state index in [1.54, 1.807) is 0 Å². The number of aliphatic hydroxyl groups is 1. The molecule has 0 spiro atoms. The summed E-state index contributed by atoms with van der Waals surface area (Å²) in [7, 11) is 0. The lowest BCUT2D eigenvalue weighted by Crippen LogP contribution is -2.45. The van der Waals surface area contributed by atoms with E-state index in [1.165, 1.54) is 0 Å². The minimum Gasteiger partial charge on any atom is -0.391 e. The summed E-state index contributed by atoms with van der Waals surface area (Å²) in [6, 6.07) is 1.73. The first kappa shape index (κ1) is 14.6. The Hall–Kier alpha value is -0.810. The van der Waals surface area contributed by atoms with Crippen molar-refractivity contribution < 1.29 is 9.90 Å². The van der Waals surface area contributed by atoms with Gasteiger partial charge in [0.05, 0.1) is 12.1 Å². The largest absolute Gasteiger partial charge is 0.391 e. The van der Waals surface area contributed by atoms with E-state index in [1.807, 2.05) is 16.8 Å². The summed E-state index contributed by atoms with van der Waals surface area (Å²) >= 11 is 3.41. The van der Waals surface area contributed by atoms with Crippen LogP contribution in [0.15, 0.2) is 16.7 Å². The summed E-state index contributed by atoms with van der Waals surface area (Å²) in [4.78, 5) is 12.3. The monoisotopic (exact) mass is 328 g/mol. The number of carbonyl (C=O) groups is 1. The topological polar surface area (TPSA) is 54.3 Å². The summed E-state index contributed by atoms with van der Waals surface area (Å²) in [5.41, 5.74) is 0.659. The molecule has 1 heterocycles. The maximum atomic E-state index is 12.3. The molecule has 2 unspecified atom stereocenters. The molecule has 4 nitrogen and oxygen atoms in total. The predicted octanol–water partition coefficient (Wildman–Crippen LogP) is 2.69. The third-order valence-electron chi connectivity index (χ3n) is 3.61. The first-order valence-corrected chi connectivity index (χ1v) is 7.75. The Kier molecular flexibility index (Phi) is 5.05. The maximum absolute atomic E-state index is 12.3. The van der Waals surface area contributed by atoms with Crippen molar-refractivity contribution in [3.63, 3.8) is 0 Å². The van der Waals surface area contributed by atoms with Gasteiger partial charge in [-0.25, -0.2) is 0 Å². The smallest absolute Gasteiger partial charge is 0.268 e. The van der Waals surface area contributed by atoms with Crippen molar-refractivity contribution in [2.45, 2.75) is 57.7 Å². The normalized spacial score (nSPS) is 23.3. The molecule has 0 aromatic carbocycles. The molecule has 1 aromatic heterocycles. The molecular weight excluding hydrogens is 308 g/mol. The molecule has 2 atom stereocenters. The van der Waals surface area contributed by atoms with Crippen molar-refractivity contribution in [3.8, 4) is 0 Å². The van der Waals surface area contributed by atoms with Gasteiger partial charge < -0.3 is 15.0 Å². The van der Waals surface area contributed by atoms with Gasteiger partial charge in [0.25, 0.3) is 5.91 Å². The van der Waals surface area contributed by atoms with E-state index in [2.05, 4.69) is 28.2 Å². The van der Waals surface area contributed by atoms with Crippen molar-refractivity contribution in [1.82, 2.24) is 9.88 Å². The number of aryl methyl sites for hydroxylation is 1. The summed E-state index contributed by atoms with van der Waals surface area (Å²) < 4.78 is 2.87. The Morgan fingerprint density at radius 3 is 2.95 bits per heavy atom. The number of halogens is 1. The number of hydrogen-bond acceptors (Lipinski definition) is 2. The maximum Gasteiger partial charge on any atom is 0.268 e. The molecule has 19 heavy (non-hydrogen) atoms. The molecule has 1 fully saturated rings. The number of nitrogens with one attached hydrogen (secondary N) is 1. The van der Waals surface area contributed by atoms with Crippen LogP contribution in [0.3, 0.4) is 0 Å². The van der Waals surface area contributed by atoms with Crippen molar-refractivity contribution in [2.75, 3.05) is 0 Å². The molecule has 1 aromatic rings. The molecule has 106 valence electrons. The minimum atomic E-state index is -0.407. The molecule has 0 aliphatic heterocycles. The molecule has 1 aliphatic rings. The highest BCUT2D eigenvalue weighted by Gasteiger charge is 2.25. The fraction of sp³-hybridized carbons (Fsp3) is 0.643. The average molecular weight is 329 g/mol. The van der Waals surface area contributed by atoms with Crippen molar-refractivity contribution in [3.05, 3.63) is 22.4 Å². The van der Waals surface area contributed by atoms with Gasteiger partial charge in [0, 0.05) is 17.2 Å². The second kappa shape index (κ2) is 6.57. The summed E-state index contributed by atoms with van der Waals surface area (Å²) in [6.45, 7) is 2.90. The number of rotatable bonds is 4. The van der Waals surface area contributed by atoms with Gasteiger partial charge in [-0.15, -0.1) is 0 Å². The van der Waals surface area contributed by atoms with Gasteiger partial charge in [0.15, 0.2) is 0 Å². The highest BCUT2D eigenvalue weighted by Crippen LogP contribution is 2.20. The van der Waals surface area contributed by atoms with Crippen LogP contribution in [-0.2, 0) is 6.54 Å². The third-order valence-corrected chi connectivity index (χ3v) is 4.04. The van der Waals surface area contributed by atoms with E-state index >= 15 is 0 Å². The van der Waals surface area contributed by atoms with Gasteiger partial charge in [-0.2, -0.15) is 0 Å². The second-order valence-electron chi connectivity index (χ2n) is 5.17. The lowest BCUT2D eigenvalue weighted by Gasteiger charge is -2.28. The quantitative estimate of drug-likeness (QED) is 0.892. The van der Waals surface area contributed by atoms with Gasteiger partial charge >= 0.3 is 0 Å². The van der Waals surface area contributed by atoms with Gasteiger partial charge in [0.1, 0.15) is 5.69 Å². The fourth-order valence-electron chi connectivity index (χ4n) is 2.61. The molecule has 2 N–H and O–H groups in total. The molecule has 5 heteroatoms. The highest BCUT2D eigenvalue weighted by atomic mass is 79.9. The molecule has 0 radical (unpaired) electrons. The highest BCUT2D eigenvalue weighted by molar-refractivity contribution is 9.10. The van der Waals surface area contributed by atoms with Crippen LogP contribution in [0.25, 0.3) is 0 Å². The number of amides is 1. The SMILES string of the molecule is CCCn1cc(Br)cc1C(=O)NC1CCCCC1O. The zero-order valence-electron chi connectivity index (χ0n) is 11.2. The van der Waals surface area contributed by atoms with Crippen LogP contribution in [0.4, 0.5) is 0 Å². The Bertz CT molecular complexity index is 445. The zero-order valence-corrected chi connectivity index (χ0v) is 12.8. The van der Waals surface area contributed by atoms with Gasteiger partial charge in [-0.3, -0.25) is 4.79 Å². The van der Waals surface area contributed by atoms with E-state index in [4.69, 9.17) is 0 Å². The van der Waals surface area contributed by atoms with Crippen LogP contribution in [0.5, 0.6) is 0 Å². The fourth-order valence-corrected chi connectivity index (χ4v) is 3.08. The van der Waals surface area contributed by atoms with Gasteiger partial charge in [0.2, 0.25) is 0 Å². The van der Waals surface area contributed by atoms with E-state index in [0.717, 1.165) is 43.1 Å². The average Bonchev–Trinajstić information content (AvgIpc) is 2.74. The first-order chi connectivity index (χ1) is 9.11. The third kappa shape index (κ3) is 3.60. The number of aliphatic hydroxyl groups excluding tert-OH is 1. The van der Waals surface area contributed by atoms with Gasteiger partial charge in [-0.1, -0.05) is 19.8 Å². The Balaban J connectivity index is 2.06. The van der Waals surface area contributed by atoms with E-state index in [0.29, 0.717) is 5.69 Å². The summed E-state index contributed by atoms with van der Waals surface area (Å²) in [5.74, 6) is -0.0925. The van der Waals surface area contributed by atoms with Crippen LogP contribution in [0.2, 0.25) is 0 Å². The van der Waals surface area contributed by atoms with Crippen molar-refractivity contribution in [1.29, 1.82) is 0 Å². The Morgan fingerprint density at radius 2 is 2.26 bits per heavy atom. The lowest BCUT2D eigenvalue weighted by molar-refractivity contribution is 0.0710. The second-order valence-corrected chi connectivity index (χ2v) is 6.08. The Morgan fingerprint density at radius 1 is 1.53 bits per heavy atom. The molecular formula is C14H21BrN2O2. The lowest BCUT2D eigenvalue weighted by atomic mass is 9.92. The van der Waals surface area contributed by atoms with Gasteiger partial charge in [-0.05, 0) is 41.3 Å². The van der Waals surface area contributed by atoms with Crippen LogP contribution < -0.4 is 5.32 Å². The number of aromatic nitrogens is 1. The van der Waals surface area contributed by atoms with Crippen molar-refractivity contribution >= 4 is 21.8 Å². The number of hydrogen-bond donors (Lipinski definition) is 2. The van der Waals surface area contributed by atoms with Crippen LogP contribution in [0, 0.1) is 0 Å².